The van der Waals surface area contributed by atoms with E-state index in [0.717, 1.165) is 49.1 Å². The minimum atomic E-state index is -4.39. The highest BCUT2D eigenvalue weighted by Crippen LogP contribution is 2.34. The van der Waals surface area contributed by atoms with Crippen LogP contribution in [0, 0.1) is 0 Å². The number of hydrogen-bond donors (Lipinski definition) is 1. The summed E-state index contributed by atoms with van der Waals surface area (Å²) in [6.45, 7) is 0. The molecule has 0 saturated heterocycles. The first-order chi connectivity index (χ1) is 9.86. The molecule has 1 aliphatic carbocycles. The second kappa shape index (κ2) is 5.05. The number of hydrogen-bond acceptors (Lipinski definition) is 2. The highest BCUT2D eigenvalue weighted by atomic mass is 79.9. The second-order valence-corrected chi connectivity index (χ2v) is 6.04. The number of aromatic nitrogens is 2. The molecule has 0 saturated carbocycles. The third kappa shape index (κ3) is 2.66. The van der Waals surface area contributed by atoms with E-state index < -0.39 is 11.7 Å². The molecule has 0 fully saturated rings. The molecule has 21 heavy (non-hydrogen) atoms. The quantitative estimate of drug-likeness (QED) is 0.832. The molecule has 1 heterocycles. The van der Waals surface area contributed by atoms with Crippen LogP contribution in [0.4, 0.5) is 19.0 Å². The van der Waals surface area contributed by atoms with E-state index in [4.69, 9.17) is 5.73 Å². The van der Waals surface area contributed by atoms with Crippen molar-refractivity contribution in [1.29, 1.82) is 0 Å². The van der Waals surface area contributed by atoms with E-state index in [-0.39, 0.29) is 0 Å². The molecule has 112 valence electrons. The summed E-state index contributed by atoms with van der Waals surface area (Å²) in [6.07, 6.45) is -0.737. The van der Waals surface area contributed by atoms with Gasteiger partial charge in [0.1, 0.15) is 5.82 Å². The van der Waals surface area contributed by atoms with Crippen molar-refractivity contribution in [2.24, 2.45) is 0 Å². The lowest BCUT2D eigenvalue weighted by molar-refractivity contribution is -0.137. The summed E-state index contributed by atoms with van der Waals surface area (Å²) < 4.78 is 40.7. The van der Waals surface area contributed by atoms with Crippen LogP contribution in [-0.4, -0.2) is 9.78 Å². The molecule has 2 N–H and O–H groups in total. The smallest absolute Gasteiger partial charge is 0.382 e. The first-order valence-corrected chi connectivity index (χ1v) is 7.40. The zero-order valence-corrected chi connectivity index (χ0v) is 12.6. The van der Waals surface area contributed by atoms with Gasteiger partial charge in [0.2, 0.25) is 0 Å². The van der Waals surface area contributed by atoms with Gasteiger partial charge in [-0.3, -0.25) is 0 Å². The third-order valence-electron chi connectivity index (χ3n) is 3.67. The van der Waals surface area contributed by atoms with Gasteiger partial charge in [-0.25, -0.2) is 4.68 Å². The van der Waals surface area contributed by atoms with E-state index in [2.05, 4.69) is 21.0 Å². The molecule has 0 radical (unpaired) electrons. The number of nitrogens with zero attached hydrogens (tertiary/aromatic N) is 2. The number of rotatable bonds is 1. The Hall–Kier alpha value is -1.50. The Balaban J connectivity index is 2.15. The van der Waals surface area contributed by atoms with Crippen molar-refractivity contribution in [3.63, 3.8) is 0 Å². The zero-order chi connectivity index (χ0) is 15.2. The monoisotopic (exact) mass is 359 g/mol. The predicted molar refractivity (Wildman–Crippen MR) is 77.3 cm³/mol. The first-order valence-electron chi connectivity index (χ1n) is 6.60. The van der Waals surface area contributed by atoms with Crippen LogP contribution in [0.3, 0.4) is 0 Å². The Morgan fingerprint density at radius 1 is 1.14 bits per heavy atom. The van der Waals surface area contributed by atoms with Crippen LogP contribution in [0.1, 0.15) is 29.7 Å². The van der Waals surface area contributed by atoms with Gasteiger partial charge in [0.05, 0.1) is 11.3 Å². The molecular weight excluding hydrogens is 347 g/mol. The van der Waals surface area contributed by atoms with Gasteiger partial charge in [0, 0.05) is 15.7 Å². The SMILES string of the molecule is Nc1nn(-c2cc(Br)cc(C(F)(F)F)c2)c2c1CCCC2. The van der Waals surface area contributed by atoms with Gasteiger partial charge in [-0.1, -0.05) is 15.9 Å². The fourth-order valence-corrected chi connectivity index (χ4v) is 3.18. The predicted octanol–water partition coefficient (Wildman–Crippen LogP) is 4.11. The summed E-state index contributed by atoms with van der Waals surface area (Å²) in [4.78, 5) is 0. The molecule has 7 heteroatoms. The van der Waals surface area contributed by atoms with Crippen LogP contribution in [-0.2, 0) is 19.0 Å². The molecule has 2 aromatic rings. The van der Waals surface area contributed by atoms with Gasteiger partial charge in [-0.05, 0) is 43.9 Å². The average molecular weight is 360 g/mol. The van der Waals surface area contributed by atoms with Crippen molar-refractivity contribution in [2.75, 3.05) is 5.73 Å². The van der Waals surface area contributed by atoms with E-state index in [9.17, 15) is 13.2 Å². The van der Waals surface area contributed by atoms with Crippen LogP contribution >= 0.6 is 15.9 Å². The first kappa shape index (κ1) is 14.4. The molecule has 1 aromatic carbocycles. The van der Waals surface area contributed by atoms with Crippen molar-refractivity contribution in [1.82, 2.24) is 9.78 Å². The van der Waals surface area contributed by atoms with Gasteiger partial charge < -0.3 is 5.73 Å². The fraction of sp³-hybridized carbons (Fsp3) is 0.357. The maximum absolute atomic E-state index is 12.9. The van der Waals surface area contributed by atoms with Crippen molar-refractivity contribution in [3.8, 4) is 5.69 Å². The molecule has 0 bridgehead atoms. The minimum Gasteiger partial charge on any atom is -0.382 e. The highest BCUT2D eigenvalue weighted by Gasteiger charge is 2.31. The molecule has 0 unspecified atom stereocenters. The van der Waals surface area contributed by atoms with E-state index in [1.807, 2.05) is 0 Å². The van der Waals surface area contributed by atoms with E-state index in [0.29, 0.717) is 16.0 Å². The molecule has 0 atom stereocenters. The number of halogens is 4. The van der Waals surface area contributed by atoms with Crippen molar-refractivity contribution in [2.45, 2.75) is 31.9 Å². The summed E-state index contributed by atoms with van der Waals surface area (Å²) in [5.74, 6) is 0.415. The van der Waals surface area contributed by atoms with E-state index in [1.54, 1.807) is 10.7 Å². The number of nitrogen functional groups attached to an aromatic ring is 1. The Morgan fingerprint density at radius 3 is 2.57 bits per heavy atom. The number of benzene rings is 1. The average Bonchev–Trinajstić information content (AvgIpc) is 2.75. The Morgan fingerprint density at radius 2 is 1.86 bits per heavy atom. The molecule has 3 rings (SSSR count). The molecule has 3 nitrogen and oxygen atoms in total. The molecule has 0 aliphatic heterocycles. The van der Waals surface area contributed by atoms with Gasteiger partial charge >= 0.3 is 6.18 Å². The maximum atomic E-state index is 12.9. The van der Waals surface area contributed by atoms with Crippen LogP contribution in [0.2, 0.25) is 0 Å². The van der Waals surface area contributed by atoms with Crippen LogP contribution in [0.25, 0.3) is 5.69 Å². The molecule has 1 aliphatic rings. The summed E-state index contributed by atoms with van der Waals surface area (Å²) >= 11 is 3.13. The standard InChI is InChI=1S/C14H13BrF3N3/c15-9-5-8(14(16,17)18)6-10(7-9)21-12-4-2-1-3-11(12)13(19)20-21/h5-7H,1-4H2,(H2,19,20). The summed E-state index contributed by atoms with van der Waals surface area (Å²) in [5, 5.41) is 4.23. The van der Waals surface area contributed by atoms with Crippen LogP contribution < -0.4 is 5.73 Å². The summed E-state index contributed by atoms with van der Waals surface area (Å²) in [6, 6.07) is 3.78. The zero-order valence-electron chi connectivity index (χ0n) is 11.0. The summed E-state index contributed by atoms with van der Waals surface area (Å²) in [7, 11) is 0. The Labute approximate surface area is 128 Å². The lowest BCUT2D eigenvalue weighted by Crippen LogP contribution is -2.10. The van der Waals surface area contributed by atoms with Crippen molar-refractivity contribution in [3.05, 3.63) is 39.5 Å². The maximum Gasteiger partial charge on any atom is 0.416 e. The van der Waals surface area contributed by atoms with Gasteiger partial charge in [-0.15, -0.1) is 0 Å². The van der Waals surface area contributed by atoms with Gasteiger partial charge in [0.25, 0.3) is 0 Å². The van der Waals surface area contributed by atoms with E-state index >= 15 is 0 Å². The minimum absolute atomic E-state index is 0.367. The fourth-order valence-electron chi connectivity index (χ4n) is 2.70. The topological polar surface area (TPSA) is 43.8 Å². The van der Waals surface area contributed by atoms with Gasteiger partial charge in [-0.2, -0.15) is 18.3 Å². The lowest BCUT2D eigenvalue weighted by atomic mass is 9.97. The third-order valence-corrected chi connectivity index (χ3v) is 4.12. The molecule has 1 aromatic heterocycles. The number of alkyl halides is 3. The van der Waals surface area contributed by atoms with Crippen LogP contribution in [0.5, 0.6) is 0 Å². The molecule has 0 amide bonds. The normalized spacial score (nSPS) is 15.0. The van der Waals surface area contributed by atoms with Crippen molar-refractivity contribution >= 4 is 21.7 Å². The van der Waals surface area contributed by atoms with E-state index in [1.165, 1.54) is 0 Å². The number of nitrogens with two attached hydrogens (primary N) is 1. The molecule has 0 spiro atoms. The largest absolute Gasteiger partial charge is 0.416 e. The molecular formula is C14H13BrF3N3. The number of fused-ring (bicyclic) bond motifs is 1. The Bertz CT molecular complexity index is 692. The number of anilines is 1. The lowest BCUT2D eigenvalue weighted by Gasteiger charge is -2.15. The second-order valence-electron chi connectivity index (χ2n) is 5.13. The summed E-state index contributed by atoms with van der Waals surface area (Å²) in [5.41, 5.74) is 7.46. The Kier molecular flexibility index (Phi) is 3.47. The highest BCUT2D eigenvalue weighted by molar-refractivity contribution is 9.10. The van der Waals surface area contributed by atoms with Crippen LogP contribution in [0.15, 0.2) is 22.7 Å². The van der Waals surface area contributed by atoms with Gasteiger partial charge in [0.15, 0.2) is 0 Å². The van der Waals surface area contributed by atoms with Crippen molar-refractivity contribution < 1.29 is 13.2 Å².